The van der Waals surface area contributed by atoms with Crippen LogP contribution in [-0.2, 0) is 10.5 Å². The summed E-state index contributed by atoms with van der Waals surface area (Å²) < 4.78 is 4.98. The monoisotopic (exact) mass is 222 g/mol. The summed E-state index contributed by atoms with van der Waals surface area (Å²) >= 11 is 0. The van der Waals surface area contributed by atoms with Gasteiger partial charge in [0.2, 0.25) is 5.79 Å². The maximum Gasteiger partial charge on any atom is 0.341 e. The molecule has 1 unspecified atom stereocenters. The van der Waals surface area contributed by atoms with Crippen molar-refractivity contribution in [1.29, 1.82) is 0 Å². The minimum absolute atomic E-state index is 0.00422. The first-order valence-electron chi connectivity index (χ1n) is 5.36. The molecule has 1 aliphatic rings. The molecule has 2 rings (SSSR count). The van der Waals surface area contributed by atoms with Gasteiger partial charge in [-0.25, -0.2) is 4.79 Å². The average molecular weight is 222 g/mol. The van der Waals surface area contributed by atoms with Crippen molar-refractivity contribution in [3.8, 4) is 5.75 Å². The molecule has 2 N–H and O–H groups in total. The fourth-order valence-electron chi connectivity index (χ4n) is 1.91. The third-order valence-electron chi connectivity index (χ3n) is 2.77. The van der Waals surface area contributed by atoms with Gasteiger partial charge in [0.15, 0.2) is 0 Å². The van der Waals surface area contributed by atoms with Crippen LogP contribution in [-0.4, -0.2) is 16.2 Å². The maximum atomic E-state index is 11.5. The van der Waals surface area contributed by atoms with E-state index in [4.69, 9.17) is 4.74 Å². The van der Waals surface area contributed by atoms with E-state index in [0.717, 1.165) is 12.8 Å². The van der Waals surface area contributed by atoms with Gasteiger partial charge >= 0.3 is 5.97 Å². The van der Waals surface area contributed by atoms with Crippen LogP contribution in [0.1, 0.15) is 42.1 Å². The quantitative estimate of drug-likeness (QED) is 0.766. The number of ether oxygens (including phenoxy) is 1. The lowest BCUT2D eigenvalue weighted by Crippen LogP contribution is -2.25. The summed E-state index contributed by atoms with van der Waals surface area (Å²) in [5.74, 6) is -2.10. The molecular weight excluding hydrogens is 208 g/mol. The highest BCUT2D eigenvalue weighted by Gasteiger charge is 2.43. The molecule has 86 valence electrons. The summed E-state index contributed by atoms with van der Waals surface area (Å²) in [4.78, 5) is 11.5. The lowest BCUT2D eigenvalue weighted by atomic mass is 9.98. The first-order chi connectivity index (χ1) is 7.57. The van der Waals surface area contributed by atoms with Crippen molar-refractivity contribution >= 4 is 5.97 Å². The molecule has 0 fully saturated rings. The van der Waals surface area contributed by atoms with Crippen LogP contribution in [0, 0.1) is 0 Å². The zero-order valence-corrected chi connectivity index (χ0v) is 9.06. The average Bonchev–Trinajstić information content (AvgIpc) is 2.49. The number of hydrogen-bond donors (Lipinski definition) is 2. The van der Waals surface area contributed by atoms with Gasteiger partial charge in [-0.05, 0) is 24.6 Å². The molecule has 1 aliphatic heterocycles. The summed E-state index contributed by atoms with van der Waals surface area (Å²) in [5, 5.41) is 19.5. The maximum absolute atomic E-state index is 11.5. The van der Waals surface area contributed by atoms with E-state index in [0.29, 0.717) is 12.0 Å². The van der Waals surface area contributed by atoms with Crippen molar-refractivity contribution < 1.29 is 19.7 Å². The number of phenols is 1. The van der Waals surface area contributed by atoms with E-state index in [1.165, 1.54) is 18.2 Å². The molecule has 0 spiro atoms. The molecule has 0 aliphatic carbocycles. The summed E-state index contributed by atoms with van der Waals surface area (Å²) in [6.07, 6.45) is 2.06. The SMILES string of the molecule is CCCCC1(O)OC(=O)c2cc(O)ccc21. The molecule has 1 heterocycles. The number of phenolic OH excluding ortho intramolecular Hbond substituents is 1. The fraction of sp³-hybridized carbons (Fsp3) is 0.417. The van der Waals surface area contributed by atoms with Crippen molar-refractivity contribution in [3.05, 3.63) is 29.3 Å². The van der Waals surface area contributed by atoms with E-state index in [1.54, 1.807) is 0 Å². The van der Waals surface area contributed by atoms with E-state index in [2.05, 4.69) is 0 Å². The van der Waals surface area contributed by atoms with Crippen LogP contribution in [0.15, 0.2) is 18.2 Å². The molecule has 1 atom stereocenters. The largest absolute Gasteiger partial charge is 0.508 e. The van der Waals surface area contributed by atoms with Gasteiger partial charge in [-0.2, -0.15) is 0 Å². The standard InChI is InChI=1S/C12H14O4/c1-2-3-6-12(15)10-5-4-8(13)7-9(10)11(14)16-12/h4-5,7,13,15H,2-3,6H2,1H3. The first-order valence-corrected chi connectivity index (χ1v) is 5.36. The van der Waals surface area contributed by atoms with E-state index in [9.17, 15) is 15.0 Å². The molecule has 4 heteroatoms. The van der Waals surface area contributed by atoms with Gasteiger partial charge in [-0.3, -0.25) is 0 Å². The Morgan fingerprint density at radius 1 is 1.44 bits per heavy atom. The number of rotatable bonds is 3. The van der Waals surface area contributed by atoms with Crippen molar-refractivity contribution in [2.24, 2.45) is 0 Å². The number of hydrogen-bond acceptors (Lipinski definition) is 4. The fourth-order valence-corrected chi connectivity index (χ4v) is 1.91. The van der Waals surface area contributed by atoms with Crippen molar-refractivity contribution in [3.63, 3.8) is 0 Å². The van der Waals surface area contributed by atoms with Gasteiger partial charge in [0.05, 0.1) is 5.56 Å². The van der Waals surface area contributed by atoms with Crippen LogP contribution in [0.25, 0.3) is 0 Å². The van der Waals surface area contributed by atoms with Crippen molar-refractivity contribution in [2.45, 2.75) is 32.0 Å². The van der Waals surface area contributed by atoms with E-state index in [-0.39, 0.29) is 11.3 Å². The van der Waals surface area contributed by atoms with Crippen molar-refractivity contribution in [2.75, 3.05) is 0 Å². The lowest BCUT2D eigenvalue weighted by molar-refractivity contribution is -0.168. The molecule has 4 nitrogen and oxygen atoms in total. The van der Waals surface area contributed by atoms with Gasteiger partial charge in [-0.15, -0.1) is 0 Å². The normalized spacial score (nSPS) is 23.0. The highest BCUT2D eigenvalue weighted by Crippen LogP contribution is 2.39. The summed E-state index contributed by atoms with van der Waals surface area (Å²) in [6, 6.07) is 4.30. The zero-order valence-electron chi connectivity index (χ0n) is 9.06. The van der Waals surface area contributed by atoms with Crippen LogP contribution < -0.4 is 0 Å². The zero-order chi connectivity index (χ0) is 11.8. The molecule has 0 saturated heterocycles. The van der Waals surface area contributed by atoms with Crippen LogP contribution in [0.2, 0.25) is 0 Å². The molecule has 1 aromatic rings. The molecular formula is C12H14O4. The Balaban J connectivity index is 2.38. The van der Waals surface area contributed by atoms with Crippen LogP contribution in [0.4, 0.5) is 0 Å². The van der Waals surface area contributed by atoms with E-state index >= 15 is 0 Å². The lowest BCUT2D eigenvalue weighted by Gasteiger charge is -2.21. The predicted octanol–water partition coefficient (Wildman–Crippen LogP) is 1.90. The molecule has 0 amide bonds. The van der Waals surface area contributed by atoms with Gasteiger partial charge in [0.1, 0.15) is 5.75 Å². The number of aromatic hydroxyl groups is 1. The highest BCUT2D eigenvalue weighted by molar-refractivity contribution is 5.94. The molecule has 1 aromatic carbocycles. The topological polar surface area (TPSA) is 66.8 Å². The Labute approximate surface area is 93.5 Å². The Bertz CT molecular complexity index is 427. The summed E-state index contributed by atoms with van der Waals surface area (Å²) in [5.41, 5.74) is 0.697. The van der Waals surface area contributed by atoms with Crippen LogP contribution in [0.3, 0.4) is 0 Å². The minimum Gasteiger partial charge on any atom is -0.508 e. The molecule has 16 heavy (non-hydrogen) atoms. The number of unbranched alkanes of at least 4 members (excludes halogenated alkanes) is 1. The third kappa shape index (κ3) is 1.65. The Kier molecular flexibility index (Phi) is 2.59. The first kappa shape index (κ1) is 11.0. The number of benzene rings is 1. The van der Waals surface area contributed by atoms with Gasteiger partial charge in [-0.1, -0.05) is 13.3 Å². The number of carbonyl (C=O) groups excluding carboxylic acids is 1. The van der Waals surface area contributed by atoms with Gasteiger partial charge in [0.25, 0.3) is 0 Å². The second-order valence-corrected chi connectivity index (χ2v) is 4.01. The molecule has 0 saturated carbocycles. The number of esters is 1. The Hall–Kier alpha value is -1.55. The second-order valence-electron chi connectivity index (χ2n) is 4.01. The molecule has 0 aromatic heterocycles. The smallest absolute Gasteiger partial charge is 0.341 e. The van der Waals surface area contributed by atoms with E-state index in [1.807, 2.05) is 6.92 Å². The predicted molar refractivity (Wildman–Crippen MR) is 56.9 cm³/mol. The Morgan fingerprint density at radius 2 is 2.19 bits per heavy atom. The summed E-state index contributed by atoms with van der Waals surface area (Å²) in [6.45, 7) is 2.00. The summed E-state index contributed by atoms with van der Waals surface area (Å²) in [7, 11) is 0. The number of carbonyl (C=O) groups is 1. The van der Waals surface area contributed by atoms with Crippen LogP contribution in [0.5, 0.6) is 5.75 Å². The molecule has 0 radical (unpaired) electrons. The van der Waals surface area contributed by atoms with Crippen LogP contribution >= 0.6 is 0 Å². The van der Waals surface area contributed by atoms with Gasteiger partial charge in [0, 0.05) is 12.0 Å². The second kappa shape index (κ2) is 3.79. The number of fused-ring (bicyclic) bond motifs is 1. The Morgan fingerprint density at radius 3 is 2.88 bits per heavy atom. The van der Waals surface area contributed by atoms with Gasteiger partial charge < -0.3 is 14.9 Å². The number of aliphatic hydroxyl groups is 1. The molecule has 0 bridgehead atoms. The highest BCUT2D eigenvalue weighted by atomic mass is 16.7. The third-order valence-corrected chi connectivity index (χ3v) is 2.77. The number of cyclic esters (lactones) is 1. The van der Waals surface area contributed by atoms with Crippen molar-refractivity contribution in [1.82, 2.24) is 0 Å². The van der Waals surface area contributed by atoms with E-state index < -0.39 is 11.8 Å². The minimum atomic E-state index is -1.52.